The Morgan fingerprint density at radius 1 is 1.36 bits per heavy atom. The Morgan fingerprint density at radius 3 is 2.50 bits per heavy atom. The highest BCUT2D eigenvalue weighted by Gasteiger charge is 2.24. The molecule has 0 radical (unpaired) electrons. The van der Waals surface area contributed by atoms with E-state index in [0.717, 1.165) is 5.69 Å². The van der Waals surface area contributed by atoms with E-state index >= 15 is 0 Å². The van der Waals surface area contributed by atoms with E-state index in [2.05, 4.69) is 15.8 Å². The minimum absolute atomic E-state index is 0.183. The molecule has 0 aromatic carbocycles. The maximum absolute atomic E-state index is 12.1. The van der Waals surface area contributed by atoms with Gasteiger partial charge in [0.05, 0.1) is 18.2 Å². The van der Waals surface area contributed by atoms with Crippen molar-refractivity contribution < 1.29 is 18.8 Å². The lowest BCUT2D eigenvalue weighted by molar-refractivity contribution is -0.125. The van der Waals surface area contributed by atoms with Crippen LogP contribution in [0.3, 0.4) is 0 Å². The van der Waals surface area contributed by atoms with Gasteiger partial charge in [0.15, 0.2) is 5.76 Å². The van der Waals surface area contributed by atoms with Crippen molar-refractivity contribution in [3.8, 4) is 0 Å². The third-order valence-corrected chi connectivity index (χ3v) is 3.02. The Hall–Kier alpha value is -2.05. The Kier molecular flexibility index (Phi) is 5.96. The number of amides is 2. The lowest BCUT2D eigenvalue weighted by atomic mass is 10.0. The number of hydrogen-bond donors (Lipinski definition) is 2. The monoisotopic (exact) mass is 311 g/mol. The van der Waals surface area contributed by atoms with Crippen LogP contribution in [-0.4, -0.2) is 28.8 Å². The summed E-state index contributed by atoms with van der Waals surface area (Å²) in [5.74, 6) is -0.0000435. The van der Waals surface area contributed by atoms with Crippen LogP contribution >= 0.6 is 0 Å². The van der Waals surface area contributed by atoms with Crippen LogP contribution in [0.4, 0.5) is 4.79 Å². The second-order valence-corrected chi connectivity index (χ2v) is 6.38. The van der Waals surface area contributed by atoms with Gasteiger partial charge < -0.3 is 19.9 Å². The van der Waals surface area contributed by atoms with E-state index < -0.39 is 17.6 Å². The van der Waals surface area contributed by atoms with Crippen LogP contribution in [0, 0.1) is 12.8 Å². The first-order valence-corrected chi connectivity index (χ1v) is 7.28. The van der Waals surface area contributed by atoms with Crippen LogP contribution in [0.15, 0.2) is 10.6 Å². The maximum atomic E-state index is 12.1. The van der Waals surface area contributed by atoms with Gasteiger partial charge in [0.2, 0.25) is 5.91 Å². The molecule has 1 aromatic heterocycles. The molecule has 0 saturated heterocycles. The van der Waals surface area contributed by atoms with Crippen molar-refractivity contribution in [3.63, 3.8) is 0 Å². The Labute approximate surface area is 130 Å². The van der Waals surface area contributed by atoms with E-state index in [1.54, 1.807) is 40.7 Å². The molecule has 0 aliphatic carbocycles. The topological polar surface area (TPSA) is 93.5 Å². The molecule has 22 heavy (non-hydrogen) atoms. The molecule has 7 nitrogen and oxygen atoms in total. The van der Waals surface area contributed by atoms with Crippen LogP contribution in [0.2, 0.25) is 0 Å². The molecule has 124 valence electrons. The normalized spacial score (nSPS) is 14.1. The molecule has 0 aliphatic rings. The van der Waals surface area contributed by atoms with E-state index in [4.69, 9.17) is 9.26 Å². The molecular formula is C15H25N3O4. The van der Waals surface area contributed by atoms with Crippen LogP contribution in [0.1, 0.15) is 46.1 Å². The lowest BCUT2D eigenvalue weighted by Gasteiger charge is -2.24. The summed E-state index contributed by atoms with van der Waals surface area (Å²) >= 11 is 0. The summed E-state index contributed by atoms with van der Waals surface area (Å²) in [6.07, 6.45) is -0.537. The third kappa shape index (κ3) is 6.15. The zero-order valence-electron chi connectivity index (χ0n) is 14.0. The number of nitrogens with zero attached hydrogens (tertiary/aromatic N) is 1. The number of rotatable bonds is 5. The van der Waals surface area contributed by atoms with Crippen LogP contribution < -0.4 is 10.6 Å². The number of carbonyl (C=O) groups is 2. The summed E-state index contributed by atoms with van der Waals surface area (Å²) in [7, 11) is 0. The molecule has 2 amide bonds. The van der Waals surface area contributed by atoms with Crippen molar-refractivity contribution in [2.75, 3.05) is 0 Å². The van der Waals surface area contributed by atoms with E-state index in [0.29, 0.717) is 5.76 Å². The highest BCUT2D eigenvalue weighted by molar-refractivity contribution is 5.79. The second-order valence-electron chi connectivity index (χ2n) is 6.38. The number of hydrogen-bond acceptors (Lipinski definition) is 5. The molecule has 2 N–H and O–H groups in total. The predicted molar refractivity (Wildman–Crippen MR) is 81.1 cm³/mol. The number of aromatic nitrogens is 1. The number of ether oxygens (including phenoxy) is 1. The molecule has 0 fully saturated rings. The van der Waals surface area contributed by atoms with E-state index in [-0.39, 0.29) is 18.5 Å². The molecule has 1 rings (SSSR count). The molecule has 0 saturated carbocycles. The Morgan fingerprint density at radius 2 is 2.00 bits per heavy atom. The Bertz CT molecular complexity index is 519. The zero-order valence-corrected chi connectivity index (χ0v) is 14.0. The van der Waals surface area contributed by atoms with Gasteiger partial charge in [-0.1, -0.05) is 12.1 Å². The third-order valence-electron chi connectivity index (χ3n) is 3.02. The van der Waals surface area contributed by atoms with Crippen molar-refractivity contribution in [1.82, 2.24) is 15.8 Å². The van der Waals surface area contributed by atoms with Crippen LogP contribution in [-0.2, 0) is 16.1 Å². The fourth-order valence-corrected chi connectivity index (χ4v) is 1.68. The van der Waals surface area contributed by atoms with Crippen molar-refractivity contribution in [1.29, 1.82) is 0 Å². The fraction of sp³-hybridized carbons (Fsp3) is 0.667. The first-order valence-electron chi connectivity index (χ1n) is 7.28. The van der Waals surface area contributed by atoms with Gasteiger partial charge in [-0.3, -0.25) is 4.79 Å². The SMILES string of the molecule is Cc1cc(CNC(=O)[C@@H](C)[C@@H](C)NC(=O)OC(C)(C)C)on1. The first-order chi connectivity index (χ1) is 10.1. The van der Waals surface area contributed by atoms with Crippen LogP contribution in [0.5, 0.6) is 0 Å². The molecule has 1 heterocycles. The Balaban J connectivity index is 2.43. The van der Waals surface area contributed by atoms with Gasteiger partial charge in [-0.2, -0.15) is 0 Å². The quantitative estimate of drug-likeness (QED) is 0.869. The zero-order chi connectivity index (χ0) is 16.9. The van der Waals surface area contributed by atoms with Gasteiger partial charge in [0.1, 0.15) is 5.60 Å². The predicted octanol–water partition coefficient (Wildman–Crippen LogP) is 2.15. The number of alkyl carbamates (subject to hydrolysis) is 1. The van der Waals surface area contributed by atoms with Gasteiger partial charge in [-0.25, -0.2) is 4.79 Å². The summed E-state index contributed by atoms with van der Waals surface area (Å²) in [5, 5.41) is 9.16. The van der Waals surface area contributed by atoms with Crippen molar-refractivity contribution in [2.24, 2.45) is 5.92 Å². The number of nitrogens with one attached hydrogen (secondary N) is 2. The smallest absolute Gasteiger partial charge is 0.407 e. The number of carbonyl (C=O) groups excluding carboxylic acids is 2. The largest absolute Gasteiger partial charge is 0.444 e. The second kappa shape index (κ2) is 7.29. The minimum Gasteiger partial charge on any atom is -0.444 e. The molecule has 1 aromatic rings. The van der Waals surface area contributed by atoms with Crippen molar-refractivity contribution in [3.05, 3.63) is 17.5 Å². The van der Waals surface area contributed by atoms with E-state index in [1.807, 2.05) is 6.92 Å². The average Bonchev–Trinajstić information content (AvgIpc) is 2.78. The van der Waals surface area contributed by atoms with Crippen LogP contribution in [0.25, 0.3) is 0 Å². The summed E-state index contributed by atoms with van der Waals surface area (Å²) in [4.78, 5) is 23.8. The highest BCUT2D eigenvalue weighted by Crippen LogP contribution is 2.09. The molecule has 7 heteroatoms. The first kappa shape index (κ1) is 18.0. The van der Waals surface area contributed by atoms with E-state index in [1.165, 1.54) is 0 Å². The van der Waals surface area contributed by atoms with Gasteiger partial charge in [0.25, 0.3) is 0 Å². The average molecular weight is 311 g/mol. The summed E-state index contributed by atoms with van der Waals surface area (Å²) < 4.78 is 10.2. The van der Waals surface area contributed by atoms with Gasteiger partial charge in [-0.05, 0) is 34.6 Å². The minimum atomic E-state index is -0.570. The van der Waals surface area contributed by atoms with Gasteiger partial charge >= 0.3 is 6.09 Å². The van der Waals surface area contributed by atoms with Crippen molar-refractivity contribution >= 4 is 12.0 Å². The molecule has 0 unspecified atom stereocenters. The summed E-state index contributed by atoms with van der Waals surface area (Å²) in [6, 6.07) is 1.40. The standard InChI is InChI=1S/C15H25N3O4/c1-9-7-12(22-18-9)8-16-13(19)10(2)11(3)17-14(20)21-15(4,5)6/h7,10-11H,8H2,1-6H3,(H,16,19)(H,17,20)/t10-,11+/m0/s1. The summed E-state index contributed by atoms with van der Waals surface area (Å²) in [5.41, 5.74) is 0.191. The lowest BCUT2D eigenvalue weighted by Crippen LogP contribution is -2.45. The molecule has 0 aliphatic heterocycles. The van der Waals surface area contributed by atoms with E-state index in [9.17, 15) is 9.59 Å². The molecule has 2 atom stereocenters. The highest BCUT2D eigenvalue weighted by atomic mass is 16.6. The molecular weight excluding hydrogens is 286 g/mol. The number of aryl methyl sites for hydroxylation is 1. The fourth-order valence-electron chi connectivity index (χ4n) is 1.68. The van der Waals surface area contributed by atoms with Crippen molar-refractivity contribution in [2.45, 2.75) is 59.7 Å². The summed E-state index contributed by atoms with van der Waals surface area (Å²) in [6.45, 7) is 10.9. The maximum Gasteiger partial charge on any atom is 0.407 e. The molecule has 0 bridgehead atoms. The van der Waals surface area contributed by atoms with Gasteiger partial charge in [-0.15, -0.1) is 0 Å². The van der Waals surface area contributed by atoms with Gasteiger partial charge in [0, 0.05) is 12.1 Å². The molecule has 0 spiro atoms.